The Bertz CT molecular complexity index is 1100. The van der Waals surface area contributed by atoms with Gasteiger partial charge in [-0.2, -0.15) is 5.26 Å². The molecule has 30 heavy (non-hydrogen) atoms. The molecule has 0 radical (unpaired) electrons. The number of ether oxygens (including phenoxy) is 2. The van der Waals surface area contributed by atoms with Gasteiger partial charge in [-0.15, -0.1) is 0 Å². The van der Waals surface area contributed by atoms with Crippen LogP contribution in [0.4, 0.5) is 5.69 Å². The van der Waals surface area contributed by atoms with E-state index < -0.39 is 5.91 Å². The van der Waals surface area contributed by atoms with Gasteiger partial charge in [-0.05, 0) is 42.0 Å². The van der Waals surface area contributed by atoms with Gasteiger partial charge >= 0.3 is 0 Å². The second kappa shape index (κ2) is 10.1. The summed E-state index contributed by atoms with van der Waals surface area (Å²) >= 11 is 6.18. The second-order valence-electron chi connectivity index (χ2n) is 6.28. The number of nitrogens with one attached hydrogen (secondary N) is 1. The van der Waals surface area contributed by atoms with Crippen LogP contribution in [-0.2, 0) is 11.4 Å². The van der Waals surface area contributed by atoms with Crippen LogP contribution in [0.1, 0.15) is 11.1 Å². The van der Waals surface area contributed by atoms with Crippen molar-refractivity contribution in [2.75, 3.05) is 12.4 Å². The molecule has 3 aromatic carbocycles. The number of rotatable bonds is 7. The summed E-state index contributed by atoms with van der Waals surface area (Å²) in [7, 11) is 1.54. The first-order valence-electron chi connectivity index (χ1n) is 9.13. The predicted octanol–water partition coefficient (Wildman–Crippen LogP) is 5.47. The van der Waals surface area contributed by atoms with Crippen LogP contribution in [-0.4, -0.2) is 13.0 Å². The quantitative estimate of drug-likeness (QED) is 0.407. The van der Waals surface area contributed by atoms with Crippen LogP contribution in [0.2, 0.25) is 5.02 Å². The van der Waals surface area contributed by atoms with Gasteiger partial charge in [0.15, 0.2) is 11.5 Å². The van der Waals surface area contributed by atoms with E-state index in [0.29, 0.717) is 27.8 Å². The number of carbonyl (C=O) groups excluding carboxylic acids is 1. The molecule has 0 spiro atoms. The Morgan fingerprint density at radius 1 is 1.07 bits per heavy atom. The van der Waals surface area contributed by atoms with Gasteiger partial charge < -0.3 is 14.8 Å². The average molecular weight is 419 g/mol. The van der Waals surface area contributed by atoms with Crippen LogP contribution in [0.3, 0.4) is 0 Å². The molecule has 0 heterocycles. The predicted molar refractivity (Wildman–Crippen MR) is 117 cm³/mol. The molecule has 0 saturated carbocycles. The van der Waals surface area contributed by atoms with Gasteiger partial charge in [-0.3, -0.25) is 4.79 Å². The summed E-state index contributed by atoms with van der Waals surface area (Å²) in [5.74, 6) is 0.524. The zero-order valence-corrected chi connectivity index (χ0v) is 17.0. The maximum absolute atomic E-state index is 12.4. The lowest BCUT2D eigenvalue weighted by Gasteiger charge is -2.12. The highest BCUT2D eigenvalue weighted by Gasteiger charge is 2.12. The summed E-state index contributed by atoms with van der Waals surface area (Å²) in [6.07, 6.45) is 1.50. The van der Waals surface area contributed by atoms with E-state index >= 15 is 0 Å². The zero-order valence-electron chi connectivity index (χ0n) is 16.3. The molecule has 1 N–H and O–H groups in total. The molecule has 0 aromatic heterocycles. The summed E-state index contributed by atoms with van der Waals surface area (Å²) in [6.45, 7) is 0.253. The minimum Gasteiger partial charge on any atom is -0.493 e. The molecule has 0 bridgehead atoms. The molecular weight excluding hydrogens is 400 g/mol. The number of benzene rings is 3. The topological polar surface area (TPSA) is 71.3 Å². The number of anilines is 1. The molecule has 0 unspecified atom stereocenters. The van der Waals surface area contributed by atoms with Crippen LogP contribution in [0.25, 0.3) is 6.08 Å². The molecule has 6 heteroatoms. The smallest absolute Gasteiger partial charge is 0.266 e. The molecule has 150 valence electrons. The van der Waals surface area contributed by atoms with E-state index in [1.54, 1.807) is 55.6 Å². The van der Waals surface area contributed by atoms with E-state index in [1.165, 1.54) is 6.08 Å². The maximum Gasteiger partial charge on any atom is 0.266 e. The molecule has 0 aliphatic heterocycles. The summed E-state index contributed by atoms with van der Waals surface area (Å²) in [5.41, 5.74) is 2.05. The summed E-state index contributed by atoms with van der Waals surface area (Å²) in [5, 5.41) is 12.7. The number of nitriles is 1. The minimum absolute atomic E-state index is 0.0268. The number of hydrogen-bond donors (Lipinski definition) is 1. The molecule has 0 aliphatic rings. The van der Waals surface area contributed by atoms with Gasteiger partial charge in [-0.1, -0.05) is 54.1 Å². The number of halogens is 1. The first kappa shape index (κ1) is 21.0. The summed E-state index contributed by atoms with van der Waals surface area (Å²) < 4.78 is 11.2. The lowest BCUT2D eigenvalue weighted by Crippen LogP contribution is -2.13. The lowest BCUT2D eigenvalue weighted by molar-refractivity contribution is -0.112. The summed E-state index contributed by atoms with van der Waals surface area (Å²) in [4.78, 5) is 12.4. The van der Waals surface area contributed by atoms with Crippen molar-refractivity contribution in [2.45, 2.75) is 6.61 Å². The van der Waals surface area contributed by atoms with E-state index in [-0.39, 0.29) is 12.2 Å². The SMILES string of the molecule is COc1ccc(/C=C(\C#N)C(=O)Nc2ccccc2)cc1OCc1ccccc1Cl. The number of nitrogens with zero attached hydrogens (tertiary/aromatic N) is 1. The van der Waals surface area contributed by atoms with Crippen molar-refractivity contribution in [2.24, 2.45) is 0 Å². The Morgan fingerprint density at radius 3 is 2.50 bits per heavy atom. The van der Waals surface area contributed by atoms with Crippen molar-refractivity contribution < 1.29 is 14.3 Å². The van der Waals surface area contributed by atoms with Crippen LogP contribution in [0.5, 0.6) is 11.5 Å². The molecule has 0 fully saturated rings. The second-order valence-corrected chi connectivity index (χ2v) is 6.69. The Hall–Kier alpha value is -3.75. The fourth-order valence-corrected chi connectivity index (χ4v) is 2.89. The minimum atomic E-state index is -0.488. The van der Waals surface area contributed by atoms with Crippen molar-refractivity contribution in [1.29, 1.82) is 5.26 Å². The number of carbonyl (C=O) groups is 1. The first-order chi connectivity index (χ1) is 14.6. The van der Waals surface area contributed by atoms with Gasteiger partial charge in [0.25, 0.3) is 5.91 Å². The Labute approximate surface area is 180 Å². The van der Waals surface area contributed by atoms with Crippen LogP contribution >= 0.6 is 11.6 Å². The van der Waals surface area contributed by atoms with Crippen LogP contribution in [0.15, 0.2) is 78.4 Å². The van der Waals surface area contributed by atoms with E-state index in [4.69, 9.17) is 21.1 Å². The van der Waals surface area contributed by atoms with Crippen molar-refractivity contribution in [1.82, 2.24) is 0 Å². The van der Waals surface area contributed by atoms with E-state index in [1.807, 2.05) is 30.3 Å². The fraction of sp³-hybridized carbons (Fsp3) is 0.0833. The van der Waals surface area contributed by atoms with Crippen LogP contribution in [0, 0.1) is 11.3 Å². The van der Waals surface area contributed by atoms with Crippen LogP contribution < -0.4 is 14.8 Å². The molecule has 0 atom stereocenters. The number of methoxy groups -OCH3 is 1. The third-order valence-electron chi connectivity index (χ3n) is 4.24. The third-order valence-corrected chi connectivity index (χ3v) is 4.61. The Kier molecular flexibility index (Phi) is 7.09. The van der Waals surface area contributed by atoms with Crippen molar-refractivity contribution >= 4 is 29.3 Å². The number of para-hydroxylation sites is 1. The molecular formula is C24H19ClN2O3. The standard InChI is InChI=1S/C24H19ClN2O3/c1-29-22-12-11-17(14-23(22)30-16-18-7-5-6-10-21(18)25)13-19(15-26)24(28)27-20-8-3-2-4-9-20/h2-14H,16H2,1H3,(H,27,28)/b19-13+. The van der Waals surface area contributed by atoms with Gasteiger partial charge in [0.2, 0.25) is 0 Å². The van der Waals surface area contributed by atoms with Crippen molar-refractivity contribution in [3.63, 3.8) is 0 Å². The zero-order chi connectivity index (χ0) is 21.3. The van der Waals surface area contributed by atoms with E-state index in [9.17, 15) is 10.1 Å². The van der Waals surface area contributed by atoms with Crippen molar-refractivity contribution in [3.05, 3.63) is 94.5 Å². The molecule has 1 amide bonds. The highest BCUT2D eigenvalue weighted by molar-refractivity contribution is 6.31. The lowest BCUT2D eigenvalue weighted by atomic mass is 10.1. The maximum atomic E-state index is 12.4. The highest BCUT2D eigenvalue weighted by Crippen LogP contribution is 2.30. The first-order valence-corrected chi connectivity index (χ1v) is 9.51. The van der Waals surface area contributed by atoms with Gasteiger partial charge in [0, 0.05) is 16.3 Å². The Balaban J connectivity index is 1.81. The number of amides is 1. The molecule has 5 nitrogen and oxygen atoms in total. The van der Waals surface area contributed by atoms with Crippen molar-refractivity contribution in [3.8, 4) is 17.6 Å². The van der Waals surface area contributed by atoms with Gasteiger partial charge in [0.05, 0.1) is 7.11 Å². The fourth-order valence-electron chi connectivity index (χ4n) is 2.70. The van der Waals surface area contributed by atoms with Gasteiger partial charge in [-0.25, -0.2) is 0 Å². The normalized spacial score (nSPS) is 10.8. The average Bonchev–Trinajstić information content (AvgIpc) is 2.77. The number of hydrogen-bond acceptors (Lipinski definition) is 4. The Morgan fingerprint density at radius 2 is 1.80 bits per heavy atom. The van der Waals surface area contributed by atoms with E-state index in [0.717, 1.165) is 5.56 Å². The van der Waals surface area contributed by atoms with E-state index in [2.05, 4.69) is 5.32 Å². The molecule has 0 saturated heterocycles. The molecule has 3 aromatic rings. The summed E-state index contributed by atoms with van der Waals surface area (Å²) in [6, 6.07) is 23.5. The molecule has 3 rings (SSSR count). The monoisotopic (exact) mass is 418 g/mol. The molecule has 0 aliphatic carbocycles. The largest absolute Gasteiger partial charge is 0.493 e. The van der Waals surface area contributed by atoms with Gasteiger partial charge in [0.1, 0.15) is 18.2 Å². The highest BCUT2D eigenvalue weighted by atomic mass is 35.5. The third kappa shape index (κ3) is 5.40.